The molecule has 0 aliphatic heterocycles. The predicted molar refractivity (Wildman–Crippen MR) is 70.3 cm³/mol. The topological polar surface area (TPSA) is 66.0 Å². The third-order valence-electron chi connectivity index (χ3n) is 2.84. The van der Waals surface area contributed by atoms with E-state index in [1.54, 1.807) is 18.5 Å². The second-order valence-electron chi connectivity index (χ2n) is 4.02. The van der Waals surface area contributed by atoms with Crippen molar-refractivity contribution in [1.82, 2.24) is 9.97 Å². The largest absolute Gasteiger partial charge is 0.478 e. The maximum absolute atomic E-state index is 10.5. The number of pyridine rings is 1. The lowest BCUT2D eigenvalue weighted by Gasteiger charge is -1.94. The Morgan fingerprint density at radius 3 is 2.89 bits per heavy atom. The average Bonchev–Trinajstić information content (AvgIpc) is 2.74. The molecule has 0 aliphatic carbocycles. The molecule has 0 unspecified atom stereocenters. The number of fused-ring (bicyclic) bond motifs is 3. The molecule has 0 radical (unpaired) electrons. The molecule has 0 atom stereocenters. The smallest absolute Gasteiger partial charge is 0.328 e. The first kappa shape index (κ1) is 10.5. The van der Waals surface area contributed by atoms with Crippen LogP contribution in [0.15, 0.2) is 42.7 Å². The Bertz CT molecular complexity index is 772. The van der Waals surface area contributed by atoms with Crippen LogP contribution in [0.4, 0.5) is 0 Å². The summed E-state index contributed by atoms with van der Waals surface area (Å²) in [6, 6.07) is 7.69. The molecule has 18 heavy (non-hydrogen) atoms. The number of carbonyl (C=O) groups is 1. The van der Waals surface area contributed by atoms with Crippen LogP contribution < -0.4 is 0 Å². The Morgan fingerprint density at radius 2 is 2.06 bits per heavy atom. The Labute approximate surface area is 103 Å². The van der Waals surface area contributed by atoms with E-state index in [9.17, 15) is 4.79 Å². The third-order valence-corrected chi connectivity index (χ3v) is 2.84. The lowest BCUT2D eigenvalue weighted by atomic mass is 10.1. The monoisotopic (exact) mass is 238 g/mol. The van der Waals surface area contributed by atoms with E-state index in [1.807, 2.05) is 24.3 Å². The minimum atomic E-state index is -0.948. The Hall–Kier alpha value is -2.62. The lowest BCUT2D eigenvalue weighted by molar-refractivity contribution is -0.131. The van der Waals surface area contributed by atoms with Crippen LogP contribution >= 0.6 is 0 Å². The zero-order chi connectivity index (χ0) is 12.5. The Kier molecular flexibility index (Phi) is 2.34. The molecule has 2 aromatic heterocycles. The van der Waals surface area contributed by atoms with E-state index in [1.165, 1.54) is 0 Å². The molecule has 88 valence electrons. The summed E-state index contributed by atoms with van der Waals surface area (Å²) in [6.45, 7) is 0. The second kappa shape index (κ2) is 4.00. The van der Waals surface area contributed by atoms with E-state index in [0.29, 0.717) is 0 Å². The third kappa shape index (κ3) is 1.73. The van der Waals surface area contributed by atoms with E-state index < -0.39 is 5.97 Å². The van der Waals surface area contributed by atoms with E-state index in [4.69, 9.17) is 5.11 Å². The summed E-state index contributed by atoms with van der Waals surface area (Å²) < 4.78 is 0. The average molecular weight is 238 g/mol. The highest BCUT2D eigenvalue weighted by Gasteiger charge is 2.03. The first-order valence-corrected chi connectivity index (χ1v) is 5.50. The SMILES string of the molecule is O=C(O)/C=C/c1ccc2[nH]c3ccncc3c2c1. The number of carboxylic acid groups (broad SMARTS) is 1. The summed E-state index contributed by atoms with van der Waals surface area (Å²) in [5.41, 5.74) is 2.90. The number of H-pyrrole nitrogens is 1. The molecule has 0 saturated carbocycles. The summed E-state index contributed by atoms with van der Waals surface area (Å²) in [7, 11) is 0. The van der Waals surface area contributed by atoms with Crippen molar-refractivity contribution in [3.05, 3.63) is 48.3 Å². The van der Waals surface area contributed by atoms with Crippen LogP contribution in [-0.4, -0.2) is 21.0 Å². The van der Waals surface area contributed by atoms with Gasteiger partial charge in [-0.3, -0.25) is 4.98 Å². The van der Waals surface area contributed by atoms with Crippen LogP contribution in [0.5, 0.6) is 0 Å². The van der Waals surface area contributed by atoms with Crippen molar-refractivity contribution < 1.29 is 9.90 Å². The Morgan fingerprint density at radius 1 is 1.22 bits per heavy atom. The molecular formula is C14H10N2O2. The van der Waals surface area contributed by atoms with Gasteiger partial charge in [0.15, 0.2) is 0 Å². The minimum absolute atomic E-state index is 0.856. The van der Waals surface area contributed by atoms with Gasteiger partial charge in [0.25, 0.3) is 0 Å². The quantitative estimate of drug-likeness (QED) is 0.674. The molecular weight excluding hydrogens is 228 g/mol. The van der Waals surface area contributed by atoms with Crippen molar-refractivity contribution in [1.29, 1.82) is 0 Å². The van der Waals surface area contributed by atoms with Gasteiger partial charge in [-0.2, -0.15) is 0 Å². The van der Waals surface area contributed by atoms with Gasteiger partial charge in [0, 0.05) is 40.3 Å². The molecule has 1 aromatic carbocycles. The van der Waals surface area contributed by atoms with Crippen molar-refractivity contribution in [2.45, 2.75) is 0 Å². The Balaban J connectivity index is 2.21. The molecule has 4 heteroatoms. The zero-order valence-corrected chi connectivity index (χ0v) is 9.42. The summed E-state index contributed by atoms with van der Waals surface area (Å²) in [5.74, 6) is -0.948. The predicted octanol–water partition coefficient (Wildman–Crippen LogP) is 2.81. The molecule has 4 nitrogen and oxygen atoms in total. The molecule has 0 fully saturated rings. The molecule has 2 heterocycles. The molecule has 0 spiro atoms. The first-order chi connectivity index (χ1) is 8.74. The molecule has 3 aromatic rings. The number of aromatic amines is 1. The standard InChI is InChI=1S/C14H10N2O2/c17-14(18)4-2-9-1-3-12-10(7-9)11-8-15-6-5-13(11)16-12/h1-8,16H,(H,17,18)/b4-2+. The number of hydrogen-bond donors (Lipinski definition) is 2. The number of hydrogen-bond acceptors (Lipinski definition) is 2. The second-order valence-corrected chi connectivity index (χ2v) is 4.02. The highest BCUT2D eigenvalue weighted by atomic mass is 16.4. The summed E-state index contributed by atoms with van der Waals surface area (Å²) in [4.78, 5) is 17.9. The highest BCUT2D eigenvalue weighted by Crippen LogP contribution is 2.25. The number of carboxylic acids is 1. The van der Waals surface area contributed by atoms with E-state index in [0.717, 1.165) is 33.4 Å². The molecule has 0 bridgehead atoms. The maximum atomic E-state index is 10.5. The normalized spacial score (nSPS) is 11.6. The fourth-order valence-corrected chi connectivity index (χ4v) is 2.03. The lowest BCUT2D eigenvalue weighted by Crippen LogP contribution is -1.85. The number of nitrogens with zero attached hydrogens (tertiary/aromatic N) is 1. The number of aliphatic carboxylic acids is 1. The van der Waals surface area contributed by atoms with Gasteiger partial charge in [-0.25, -0.2) is 4.79 Å². The van der Waals surface area contributed by atoms with Crippen LogP contribution in [0, 0.1) is 0 Å². The molecule has 0 aliphatic rings. The van der Waals surface area contributed by atoms with E-state index in [2.05, 4.69) is 9.97 Å². The van der Waals surface area contributed by atoms with Crippen molar-refractivity contribution >= 4 is 33.9 Å². The van der Waals surface area contributed by atoms with Crippen LogP contribution in [0.3, 0.4) is 0 Å². The molecule has 0 amide bonds. The van der Waals surface area contributed by atoms with Crippen molar-refractivity contribution in [2.75, 3.05) is 0 Å². The molecule has 0 saturated heterocycles. The molecule has 3 rings (SSSR count). The van der Waals surface area contributed by atoms with Crippen molar-refractivity contribution in [3.8, 4) is 0 Å². The van der Waals surface area contributed by atoms with Gasteiger partial charge in [-0.15, -0.1) is 0 Å². The van der Waals surface area contributed by atoms with E-state index >= 15 is 0 Å². The van der Waals surface area contributed by atoms with Gasteiger partial charge in [0.05, 0.1) is 0 Å². The fraction of sp³-hybridized carbons (Fsp3) is 0. The summed E-state index contributed by atoms with van der Waals surface area (Å²) >= 11 is 0. The van der Waals surface area contributed by atoms with Crippen LogP contribution in [0.2, 0.25) is 0 Å². The van der Waals surface area contributed by atoms with Crippen molar-refractivity contribution in [2.24, 2.45) is 0 Å². The van der Waals surface area contributed by atoms with Crippen LogP contribution in [0.1, 0.15) is 5.56 Å². The van der Waals surface area contributed by atoms with Crippen LogP contribution in [0.25, 0.3) is 27.9 Å². The number of nitrogens with one attached hydrogen (secondary N) is 1. The molecule has 2 N–H and O–H groups in total. The van der Waals surface area contributed by atoms with Crippen LogP contribution in [-0.2, 0) is 4.79 Å². The zero-order valence-electron chi connectivity index (χ0n) is 9.42. The number of rotatable bonds is 2. The van der Waals surface area contributed by atoms with Gasteiger partial charge in [0.2, 0.25) is 0 Å². The van der Waals surface area contributed by atoms with Gasteiger partial charge >= 0.3 is 5.97 Å². The van der Waals surface area contributed by atoms with Gasteiger partial charge < -0.3 is 10.1 Å². The minimum Gasteiger partial charge on any atom is -0.478 e. The maximum Gasteiger partial charge on any atom is 0.328 e. The number of benzene rings is 1. The van der Waals surface area contributed by atoms with Gasteiger partial charge in [-0.1, -0.05) is 6.07 Å². The summed E-state index contributed by atoms with van der Waals surface area (Å²) in [5, 5.41) is 10.7. The van der Waals surface area contributed by atoms with Crippen molar-refractivity contribution in [3.63, 3.8) is 0 Å². The fourth-order valence-electron chi connectivity index (χ4n) is 2.03. The van der Waals surface area contributed by atoms with E-state index in [-0.39, 0.29) is 0 Å². The summed E-state index contributed by atoms with van der Waals surface area (Å²) in [6.07, 6.45) is 6.26. The number of aromatic nitrogens is 2. The van der Waals surface area contributed by atoms with Gasteiger partial charge in [0.1, 0.15) is 0 Å². The highest BCUT2D eigenvalue weighted by molar-refractivity contribution is 6.07. The van der Waals surface area contributed by atoms with Gasteiger partial charge in [-0.05, 0) is 29.8 Å². The first-order valence-electron chi connectivity index (χ1n) is 5.50.